The number of anilines is 2. The number of carbonyl (C=O) groups is 2. The molecule has 132 valence electrons. The molecule has 0 aliphatic heterocycles. The Bertz CT molecular complexity index is 757. The molecular weight excluding hydrogens is 316 g/mol. The molecule has 0 atom stereocenters. The fourth-order valence-electron chi connectivity index (χ4n) is 2.36. The predicted octanol–water partition coefficient (Wildman–Crippen LogP) is 3.48. The number of benzene rings is 1. The van der Waals surface area contributed by atoms with Crippen molar-refractivity contribution in [1.82, 2.24) is 9.97 Å². The predicted molar refractivity (Wildman–Crippen MR) is 99.3 cm³/mol. The van der Waals surface area contributed by atoms with E-state index in [0.717, 1.165) is 25.2 Å². The number of aromatic nitrogens is 2. The van der Waals surface area contributed by atoms with E-state index in [1.807, 2.05) is 11.9 Å². The second kappa shape index (κ2) is 8.37. The van der Waals surface area contributed by atoms with Crippen molar-refractivity contribution >= 4 is 23.2 Å². The first-order valence-electron chi connectivity index (χ1n) is 8.40. The second-order valence-electron chi connectivity index (χ2n) is 6.02. The second-order valence-corrected chi connectivity index (χ2v) is 6.02. The lowest BCUT2D eigenvalue weighted by atomic mass is 10.1. The molecule has 0 saturated heterocycles. The monoisotopic (exact) mass is 340 g/mol. The number of rotatable bonds is 7. The molecule has 1 aromatic heterocycles. The molecule has 1 heterocycles. The minimum atomic E-state index is -0.300. The molecule has 6 nitrogen and oxygen atoms in total. The number of ketones is 1. The Morgan fingerprint density at radius 1 is 1.16 bits per heavy atom. The number of unbranched alkanes of at least 4 members (excludes halogenated alkanes) is 1. The highest BCUT2D eigenvalue weighted by Gasteiger charge is 2.13. The van der Waals surface area contributed by atoms with E-state index in [-0.39, 0.29) is 11.7 Å². The van der Waals surface area contributed by atoms with Gasteiger partial charge in [-0.1, -0.05) is 13.3 Å². The molecule has 0 spiro atoms. The number of hydrogen-bond donors (Lipinski definition) is 1. The van der Waals surface area contributed by atoms with Gasteiger partial charge in [0.05, 0.1) is 0 Å². The number of hydrogen-bond acceptors (Lipinski definition) is 5. The van der Waals surface area contributed by atoms with E-state index < -0.39 is 0 Å². The Hall–Kier alpha value is -2.76. The van der Waals surface area contributed by atoms with Crippen LogP contribution in [0.1, 0.15) is 53.4 Å². The fourth-order valence-corrected chi connectivity index (χ4v) is 2.36. The summed E-state index contributed by atoms with van der Waals surface area (Å²) in [5.41, 5.74) is 1.55. The standard InChI is InChI=1S/C19H24N4O2/c1-5-6-11-23(4)18-12-17(20-14(3)21-18)19(25)22-16-9-7-15(8-10-16)13(2)24/h7-10,12H,5-6,11H2,1-4H3,(H,22,25). The minimum absolute atomic E-state index is 0.0101. The largest absolute Gasteiger partial charge is 0.360 e. The molecule has 0 unspecified atom stereocenters. The van der Waals surface area contributed by atoms with E-state index in [9.17, 15) is 9.59 Å². The van der Waals surface area contributed by atoms with Crippen molar-refractivity contribution in [2.45, 2.75) is 33.6 Å². The van der Waals surface area contributed by atoms with Crippen LogP contribution >= 0.6 is 0 Å². The van der Waals surface area contributed by atoms with Crippen molar-refractivity contribution in [3.63, 3.8) is 0 Å². The number of amides is 1. The maximum Gasteiger partial charge on any atom is 0.274 e. The van der Waals surface area contributed by atoms with Crippen LogP contribution in [0.4, 0.5) is 11.5 Å². The maximum atomic E-state index is 12.5. The third kappa shape index (κ3) is 5.11. The summed E-state index contributed by atoms with van der Waals surface area (Å²) in [6.07, 6.45) is 2.15. The van der Waals surface area contributed by atoms with Crippen molar-refractivity contribution < 1.29 is 9.59 Å². The molecule has 0 radical (unpaired) electrons. The van der Waals surface area contributed by atoms with Gasteiger partial charge in [-0.2, -0.15) is 0 Å². The highest BCUT2D eigenvalue weighted by molar-refractivity contribution is 6.03. The summed E-state index contributed by atoms with van der Waals surface area (Å²) in [4.78, 5) is 34.5. The van der Waals surface area contributed by atoms with E-state index in [0.29, 0.717) is 22.8 Å². The number of carbonyl (C=O) groups excluding carboxylic acids is 2. The van der Waals surface area contributed by atoms with Crippen LogP contribution < -0.4 is 10.2 Å². The van der Waals surface area contributed by atoms with Crippen molar-refractivity contribution in [3.05, 3.63) is 47.4 Å². The van der Waals surface area contributed by atoms with E-state index in [1.165, 1.54) is 6.92 Å². The highest BCUT2D eigenvalue weighted by Crippen LogP contribution is 2.15. The van der Waals surface area contributed by atoms with Crippen LogP contribution in [0.5, 0.6) is 0 Å². The van der Waals surface area contributed by atoms with Crippen LogP contribution in [0.3, 0.4) is 0 Å². The molecule has 1 aromatic carbocycles. The smallest absolute Gasteiger partial charge is 0.274 e. The SMILES string of the molecule is CCCCN(C)c1cc(C(=O)Nc2ccc(C(C)=O)cc2)nc(C)n1. The van der Waals surface area contributed by atoms with Gasteiger partial charge in [-0.25, -0.2) is 9.97 Å². The fraction of sp³-hybridized carbons (Fsp3) is 0.368. The van der Waals surface area contributed by atoms with Crippen molar-refractivity contribution in [1.29, 1.82) is 0 Å². The highest BCUT2D eigenvalue weighted by atomic mass is 16.2. The van der Waals surface area contributed by atoms with Crippen LogP contribution in [0.2, 0.25) is 0 Å². The lowest BCUT2D eigenvalue weighted by Crippen LogP contribution is -2.22. The number of nitrogens with one attached hydrogen (secondary N) is 1. The summed E-state index contributed by atoms with van der Waals surface area (Å²) in [6, 6.07) is 8.48. The van der Waals surface area contributed by atoms with Gasteiger partial charge in [-0.3, -0.25) is 9.59 Å². The molecule has 0 aliphatic carbocycles. The zero-order valence-electron chi connectivity index (χ0n) is 15.2. The van der Waals surface area contributed by atoms with Gasteiger partial charge in [0, 0.05) is 30.9 Å². The van der Waals surface area contributed by atoms with E-state index >= 15 is 0 Å². The molecule has 1 N–H and O–H groups in total. The normalized spacial score (nSPS) is 10.4. The summed E-state index contributed by atoms with van der Waals surface area (Å²) in [5, 5.41) is 2.80. The van der Waals surface area contributed by atoms with Gasteiger partial charge < -0.3 is 10.2 Å². The van der Waals surface area contributed by atoms with Crippen molar-refractivity contribution in [2.24, 2.45) is 0 Å². The Morgan fingerprint density at radius 2 is 1.84 bits per heavy atom. The van der Waals surface area contributed by atoms with E-state index in [4.69, 9.17) is 0 Å². The number of nitrogens with zero attached hydrogens (tertiary/aromatic N) is 3. The third-order valence-electron chi connectivity index (χ3n) is 3.84. The van der Waals surface area contributed by atoms with Crippen molar-refractivity contribution in [3.8, 4) is 0 Å². The Balaban J connectivity index is 2.15. The zero-order valence-corrected chi connectivity index (χ0v) is 15.2. The number of Topliss-reactive ketones (excluding diaryl/α,β-unsaturated/α-hetero) is 1. The first-order valence-corrected chi connectivity index (χ1v) is 8.40. The quantitative estimate of drug-likeness (QED) is 0.781. The van der Waals surface area contributed by atoms with E-state index in [1.54, 1.807) is 37.3 Å². The van der Waals surface area contributed by atoms with Crippen molar-refractivity contribution in [2.75, 3.05) is 23.8 Å². The molecule has 0 aliphatic rings. The summed E-state index contributed by atoms with van der Waals surface area (Å²) in [5.74, 6) is 0.978. The lowest BCUT2D eigenvalue weighted by Gasteiger charge is -2.18. The van der Waals surface area contributed by atoms with Gasteiger partial charge >= 0.3 is 0 Å². The van der Waals surface area contributed by atoms with Crippen LogP contribution in [-0.4, -0.2) is 35.3 Å². The number of aryl methyl sites for hydroxylation is 1. The van der Waals surface area contributed by atoms with Gasteiger partial charge in [-0.05, 0) is 44.5 Å². The van der Waals surface area contributed by atoms with Crippen LogP contribution in [0, 0.1) is 6.92 Å². The average Bonchev–Trinajstić information content (AvgIpc) is 2.59. The topological polar surface area (TPSA) is 75.2 Å². The summed E-state index contributed by atoms with van der Waals surface area (Å²) in [7, 11) is 1.96. The molecule has 1 amide bonds. The zero-order chi connectivity index (χ0) is 18.4. The first kappa shape index (κ1) is 18.6. The summed E-state index contributed by atoms with van der Waals surface area (Å²) in [6.45, 7) is 6.29. The molecule has 0 fully saturated rings. The summed E-state index contributed by atoms with van der Waals surface area (Å²) < 4.78 is 0. The average molecular weight is 340 g/mol. The van der Waals surface area contributed by atoms with Crippen LogP contribution in [0.15, 0.2) is 30.3 Å². The Morgan fingerprint density at radius 3 is 2.44 bits per heavy atom. The van der Waals surface area contributed by atoms with Gasteiger partial charge in [0.1, 0.15) is 17.3 Å². The summed E-state index contributed by atoms with van der Waals surface area (Å²) >= 11 is 0. The molecule has 0 saturated carbocycles. The Labute approximate surface area is 148 Å². The van der Waals surface area contributed by atoms with Crippen LogP contribution in [-0.2, 0) is 0 Å². The van der Waals surface area contributed by atoms with Gasteiger partial charge in [0.15, 0.2) is 5.78 Å². The van der Waals surface area contributed by atoms with Gasteiger partial charge in [0.25, 0.3) is 5.91 Å². The molecule has 0 bridgehead atoms. The molecular formula is C19H24N4O2. The maximum absolute atomic E-state index is 12.5. The van der Waals surface area contributed by atoms with E-state index in [2.05, 4.69) is 22.2 Å². The van der Waals surface area contributed by atoms with Crippen LogP contribution in [0.25, 0.3) is 0 Å². The molecule has 2 rings (SSSR count). The Kier molecular flexibility index (Phi) is 6.22. The lowest BCUT2D eigenvalue weighted by molar-refractivity contribution is 0.101. The van der Waals surface area contributed by atoms with Gasteiger partial charge in [0.2, 0.25) is 0 Å². The minimum Gasteiger partial charge on any atom is -0.360 e. The molecule has 2 aromatic rings. The van der Waals surface area contributed by atoms with Gasteiger partial charge in [-0.15, -0.1) is 0 Å². The third-order valence-corrected chi connectivity index (χ3v) is 3.84. The first-order chi connectivity index (χ1) is 11.9. The molecule has 6 heteroatoms. The molecule has 25 heavy (non-hydrogen) atoms.